The van der Waals surface area contributed by atoms with E-state index in [4.69, 9.17) is 21.0 Å². The Morgan fingerprint density at radius 2 is 1.28 bits per heavy atom. The van der Waals surface area contributed by atoms with Gasteiger partial charge in [-0.25, -0.2) is 0 Å². The summed E-state index contributed by atoms with van der Waals surface area (Å²) in [6, 6.07) is 11.5. The topological polar surface area (TPSA) is 100 Å². The van der Waals surface area contributed by atoms with Crippen LogP contribution in [0.4, 0.5) is 0 Å². The number of hydrogen-bond acceptors (Lipinski definition) is 6. The Morgan fingerprint density at radius 1 is 0.880 bits per heavy atom. The fraction of sp³-hybridized carbons (Fsp3) is 0.111. The van der Waals surface area contributed by atoms with Crippen LogP contribution in [-0.4, -0.2) is 4.57 Å². The Balaban J connectivity index is 2.23. The van der Waals surface area contributed by atoms with E-state index in [1.165, 1.54) is 22.7 Å². The zero-order chi connectivity index (χ0) is 18.0. The van der Waals surface area contributed by atoms with E-state index >= 15 is 0 Å². The summed E-state index contributed by atoms with van der Waals surface area (Å²) < 4.78 is 4.32. The summed E-state index contributed by atoms with van der Waals surface area (Å²) in [5.41, 5.74) is 2.27. The van der Waals surface area contributed by atoms with E-state index in [1.54, 1.807) is 12.2 Å². The second-order valence-electron chi connectivity index (χ2n) is 5.03. The van der Waals surface area contributed by atoms with Crippen molar-refractivity contribution in [1.82, 2.24) is 4.57 Å². The molecule has 0 saturated carbocycles. The van der Waals surface area contributed by atoms with Gasteiger partial charge < -0.3 is 4.57 Å². The molecule has 0 spiro atoms. The summed E-state index contributed by atoms with van der Waals surface area (Å²) in [5.74, 6) is 0. The fourth-order valence-electron chi connectivity index (χ4n) is 2.60. The predicted octanol–water partition coefficient (Wildman–Crippen LogP) is 4.80. The molecule has 0 atom stereocenters. The molecule has 0 saturated heterocycles. The summed E-state index contributed by atoms with van der Waals surface area (Å²) in [6.45, 7) is 2.82. The van der Waals surface area contributed by atoms with Gasteiger partial charge in [0.1, 0.15) is 35.4 Å². The maximum atomic E-state index is 8.92. The third-order valence-corrected chi connectivity index (χ3v) is 5.93. The first-order valence-corrected chi connectivity index (χ1v) is 8.87. The Hall–Kier alpha value is -3.36. The Kier molecular flexibility index (Phi) is 4.38. The third-order valence-electron chi connectivity index (χ3n) is 3.62. The number of nitriles is 4. The highest BCUT2D eigenvalue weighted by Gasteiger charge is 2.16. The van der Waals surface area contributed by atoms with Crippen LogP contribution >= 0.6 is 22.7 Å². The van der Waals surface area contributed by atoms with Crippen molar-refractivity contribution in [3.63, 3.8) is 0 Å². The Labute approximate surface area is 151 Å². The number of fused-ring (bicyclic) bond motifs is 3. The zero-order valence-electron chi connectivity index (χ0n) is 13.1. The zero-order valence-corrected chi connectivity index (χ0v) is 14.7. The summed E-state index contributed by atoms with van der Waals surface area (Å²) >= 11 is 3.05. The highest BCUT2D eigenvalue weighted by atomic mass is 32.1. The van der Waals surface area contributed by atoms with Crippen LogP contribution in [0.1, 0.15) is 16.7 Å². The lowest BCUT2D eigenvalue weighted by atomic mass is 10.3. The quantitative estimate of drug-likeness (QED) is 0.627. The van der Waals surface area contributed by atoms with Crippen molar-refractivity contribution in [2.45, 2.75) is 13.5 Å². The molecule has 0 radical (unpaired) electrons. The van der Waals surface area contributed by atoms with Crippen LogP contribution in [0.25, 0.3) is 32.6 Å². The van der Waals surface area contributed by atoms with Crippen LogP contribution in [0.3, 0.4) is 0 Å². The molecule has 0 aromatic carbocycles. The molecule has 3 heterocycles. The van der Waals surface area contributed by atoms with Crippen LogP contribution in [0.2, 0.25) is 0 Å². The van der Waals surface area contributed by atoms with Gasteiger partial charge in [-0.15, -0.1) is 22.7 Å². The molecular weight excluding hydrogens is 350 g/mol. The number of nitrogens with zero attached hydrogens (tertiary/aromatic N) is 5. The maximum absolute atomic E-state index is 8.92. The summed E-state index contributed by atoms with van der Waals surface area (Å²) in [5, 5.41) is 35.7. The van der Waals surface area contributed by atoms with E-state index in [0.29, 0.717) is 0 Å². The van der Waals surface area contributed by atoms with E-state index in [2.05, 4.69) is 4.57 Å². The van der Waals surface area contributed by atoms with E-state index in [-0.39, 0.29) is 11.1 Å². The minimum Gasteiger partial charge on any atom is -0.339 e. The van der Waals surface area contributed by atoms with Crippen molar-refractivity contribution in [3.8, 4) is 24.3 Å². The summed E-state index contributed by atoms with van der Waals surface area (Å²) in [6.07, 6.45) is 3.18. The molecule has 0 bridgehead atoms. The smallest absolute Gasteiger partial charge is 0.131 e. The van der Waals surface area contributed by atoms with E-state index < -0.39 is 0 Å². The van der Waals surface area contributed by atoms with Crippen molar-refractivity contribution in [2.75, 3.05) is 0 Å². The van der Waals surface area contributed by atoms with Crippen molar-refractivity contribution >= 4 is 55.3 Å². The highest BCUT2D eigenvalue weighted by molar-refractivity contribution is 7.28. The number of allylic oxidation sites excluding steroid dienone is 2. The average Bonchev–Trinajstić information content (AvgIpc) is 3.27. The fourth-order valence-corrected chi connectivity index (χ4v) is 4.96. The molecule has 0 aliphatic carbocycles. The van der Waals surface area contributed by atoms with Gasteiger partial charge in [-0.05, 0) is 31.2 Å². The Bertz CT molecular complexity index is 1090. The molecule has 3 rings (SSSR count). The van der Waals surface area contributed by atoms with Gasteiger partial charge in [-0.3, -0.25) is 0 Å². The molecule has 25 heavy (non-hydrogen) atoms. The second kappa shape index (κ2) is 6.63. The molecule has 0 N–H and O–H groups in total. The number of thiophene rings is 2. The summed E-state index contributed by atoms with van der Waals surface area (Å²) in [4.78, 5) is 1.71. The Morgan fingerprint density at radius 3 is 1.60 bits per heavy atom. The van der Waals surface area contributed by atoms with E-state index in [0.717, 1.165) is 36.7 Å². The molecule has 0 fully saturated rings. The van der Waals surface area contributed by atoms with Crippen LogP contribution in [0.5, 0.6) is 0 Å². The molecular formula is C18H9N5S2. The largest absolute Gasteiger partial charge is 0.339 e. The SMILES string of the molecule is CCn1c2cc(C=C(C#N)C#N)sc2c2sc(C=C(C#N)C#N)cc21. The summed E-state index contributed by atoms with van der Waals surface area (Å²) in [7, 11) is 0. The lowest BCUT2D eigenvalue weighted by Crippen LogP contribution is -1.91. The van der Waals surface area contributed by atoms with Crippen LogP contribution in [-0.2, 0) is 6.54 Å². The third kappa shape index (κ3) is 2.80. The molecule has 3 aromatic heterocycles. The average molecular weight is 359 g/mol. The predicted molar refractivity (Wildman–Crippen MR) is 99.3 cm³/mol. The van der Waals surface area contributed by atoms with Crippen LogP contribution < -0.4 is 0 Å². The lowest BCUT2D eigenvalue weighted by Gasteiger charge is -1.99. The monoisotopic (exact) mass is 359 g/mol. The minimum atomic E-state index is 0.0747. The number of aromatic nitrogens is 1. The van der Waals surface area contributed by atoms with E-state index in [9.17, 15) is 0 Å². The molecule has 0 aliphatic rings. The maximum Gasteiger partial charge on any atom is 0.131 e. The van der Waals surface area contributed by atoms with Gasteiger partial charge in [0.25, 0.3) is 0 Å². The van der Waals surface area contributed by atoms with E-state index in [1.807, 2.05) is 43.3 Å². The normalized spacial score (nSPS) is 9.80. The number of hydrogen-bond donors (Lipinski definition) is 0. The molecule has 0 amide bonds. The van der Waals surface area contributed by atoms with Crippen LogP contribution in [0.15, 0.2) is 23.3 Å². The highest BCUT2D eigenvalue weighted by Crippen LogP contribution is 2.41. The van der Waals surface area contributed by atoms with Crippen molar-refractivity contribution in [2.24, 2.45) is 0 Å². The van der Waals surface area contributed by atoms with Gasteiger partial charge in [0, 0.05) is 16.3 Å². The first kappa shape index (κ1) is 16.5. The van der Waals surface area contributed by atoms with Crippen molar-refractivity contribution in [3.05, 3.63) is 33.0 Å². The lowest BCUT2D eigenvalue weighted by molar-refractivity contribution is 0.828. The van der Waals surface area contributed by atoms with Crippen molar-refractivity contribution in [1.29, 1.82) is 21.0 Å². The molecule has 7 heteroatoms. The first-order chi connectivity index (χ1) is 12.1. The number of rotatable bonds is 3. The first-order valence-electron chi connectivity index (χ1n) is 7.24. The van der Waals surface area contributed by atoms with Crippen LogP contribution in [0, 0.1) is 45.3 Å². The molecule has 0 unspecified atom stereocenters. The molecule has 5 nitrogen and oxygen atoms in total. The van der Waals surface area contributed by atoms with Gasteiger partial charge in [-0.1, -0.05) is 0 Å². The van der Waals surface area contributed by atoms with Gasteiger partial charge in [0.05, 0.1) is 20.4 Å². The standard InChI is InChI=1S/C18H9N5S2/c1-2-23-15-5-13(3-11(7-19)8-20)24-17(15)18-16(23)6-14(25-18)4-12(9-21)10-22/h3-6H,2H2,1H3. The van der Waals surface area contributed by atoms with Gasteiger partial charge in [0.15, 0.2) is 0 Å². The van der Waals surface area contributed by atoms with Gasteiger partial charge in [0.2, 0.25) is 0 Å². The number of aryl methyl sites for hydroxylation is 1. The minimum absolute atomic E-state index is 0.0747. The van der Waals surface area contributed by atoms with Crippen molar-refractivity contribution < 1.29 is 0 Å². The molecule has 3 aromatic rings. The van der Waals surface area contributed by atoms with Gasteiger partial charge >= 0.3 is 0 Å². The molecule has 0 aliphatic heterocycles. The van der Waals surface area contributed by atoms with Gasteiger partial charge in [-0.2, -0.15) is 21.0 Å². The molecule has 118 valence electrons. The second-order valence-corrected chi connectivity index (χ2v) is 7.20.